The number of nitrogens with zero attached hydrogens (tertiary/aromatic N) is 1. The monoisotopic (exact) mass is 245 g/mol. The molecule has 2 nitrogen and oxygen atoms in total. The Morgan fingerprint density at radius 1 is 1.24 bits per heavy atom. The van der Waals surface area contributed by atoms with Crippen LogP contribution in [0.5, 0.6) is 0 Å². The lowest BCUT2D eigenvalue weighted by molar-refractivity contribution is 0.0802. The van der Waals surface area contributed by atoms with Gasteiger partial charge in [-0.2, -0.15) is 0 Å². The first kappa shape index (κ1) is 11.9. The van der Waals surface area contributed by atoms with E-state index in [1.54, 1.807) is 16.2 Å². The van der Waals surface area contributed by atoms with Crippen molar-refractivity contribution in [1.29, 1.82) is 0 Å². The third-order valence-electron chi connectivity index (χ3n) is 2.76. The molecule has 0 saturated heterocycles. The highest BCUT2D eigenvalue weighted by Gasteiger charge is 2.09. The molecule has 1 amide bonds. The van der Waals surface area contributed by atoms with Crippen molar-refractivity contribution in [2.75, 3.05) is 13.6 Å². The third kappa shape index (κ3) is 2.56. The largest absolute Gasteiger partial charge is 0.342 e. The summed E-state index contributed by atoms with van der Waals surface area (Å²) in [6.45, 7) is 2.70. The number of thiophene rings is 1. The molecule has 0 saturated carbocycles. The average molecular weight is 245 g/mol. The molecule has 2 rings (SSSR count). The van der Waals surface area contributed by atoms with Crippen LogP contribution in [0.15, 0.2) is 41.8 Å². The first-order valence-electron chi connectivity index (χ1n) is 5.61. The van der Waals surface area contributed by atoms with Gasteiger partial charge in [0.15, 0.2) is 0 Å². The van der Waals surface area contributed by atoms with E-state index in [0.29, 0.717) is 0 Å². The van der Waals surface area contributed by atoms with Crippen molar-refractivity contribution in [2.24, 2.45) is 0 Å². The van der Waals surface area contributed by atoms with Gasteiger partial charge in [-0.25, -0.2) is 0 Å². The molecule has 88 valence electrons. The highest BCUT2D eigenvalue weighted by molar-refractivity contribution is 7.13. The number of amides is 1. The van der Waals surface area contributed by atoms with Crippen molar-refractivity contribution in [1.82, 2.24) is 4.90 Å². The van der Waals surface area contributed by atoms with Gasteiger partial charge in [-0.1, -0.05) is 18.2 Å². The summed E-state index contributed by atoms with van der Waals surface area (Å²) in [7, 11) is 1.81. The number of benzene rings is 1. The molecule has 0 bridgehead atoms. The van der Waals surface area contributed by atoms with E-state index in [2.05, 4.69) is 11.4 Å². The average Bonchev–Trinajstić information content (AvgIpc) is 2.91. The van der Waals surface area contributed by atoms with Gasteiger partial charge < -0.3 is 4.90 Å². The number of hydrogen-bond donors (Lipinski definition) is 0. The molecule has 0 N–H and O–H groups in total. The molecule has 3 heteroatoms. The zero-order chi connectivity index (χ0) is 12.3. The van der Waals surface area contributed by atoms with E-state index >= 15 is 0 Å². The quantitative estimate of drug-likeness (QED) is 0.810. The van der Waals surface area contributed by atoms with Gasteiger partial charge in [-0.3, -0.25) is 4.79 Å². The van der Waals surface area contributed by atoms with Crippen molar-refractivity contribution in [3.63, 3.8) is 0 Å². The van der Waals surface area contributed by atoms with Gasteiger partial charge in [0, 0.05) is 24.0 Å². The Morgan fingerprint density at radius 3 is 2.47 bits per heavy atom. The lowest BCUT2D eigenvalue weighted by Gasteiger charge is -2.14. The normalized spacial score (nSPS) is 10.2. The van der Waals surface area contributed by atoms with Gasteiger partial charge in [0.05, 0.1) is 0 Å². The van der Waals surface area contributed by atoms with E-state index in [1.807, 2.05) is 44.3 Å². The van der Waals surface area contributed by atoms with E-state index in [-0.39, 0.29) is 5.91 Å². The lowest BCUT2D eigenvalue weighted by Crippen LogP contribution is -2.26. The minimum Gasteiger partial charge on any atom is -0.342 e. The molecule has 0 aliphatic carbocycles. The molecule has 0 radical (unpaired) electrons. The van der Waals surface area contributed by atoms with Gasteiger partial charge in [0.25, 0.3) is 5.91 Å². The Balaban J connectivity index is 2.22. The maximum Gasteiger partial charge on any atom is 0.253 e. The maximum atomic E-state index is 11.9. The Morgan fingerprint density at radius 2 is 1.94 bits per heavy atom. The van der Waals surface area contributed by atoms with Crippen molar-refractivity contribution >= 4 is 17.2 Å². The summed E-state index contributed by atoms with van der Waals surface area (Å²) in [6, 6.07) is 11.9. The predicted octanol–water partition coefficient (Wildman–Crippen LogP) is 3.51. The van der Waals surface area contributed by atoms with Crippen LogP contribution in [0.3, 0.4) is 0 Å². The van der Waals surface area contributed by atoms with Crippen molar-refractivity contribution in [2.45, 2.75) is 6.92 Å². The van der Waals surface area contributed by atoms with Gasteiger partial charge in [0.1, 0.15) is 0 Å². The van der Waals surface area contributed by atoms with Crippen LogP contribution in [-0.4, -0.2) is 24.4 Å². The number of rotatable bonds is 3. The first-order valence-corrected chi connectivity index (χ1v) is 6.49. The molecule has 17 heavy (non-hydrogen) atoms. The molecule has 0 unspecified atom stereocenters. The summed E-state index contributed by atoms with van der Waals surface area (Å²) in [5.74, 6) is 0.0743. The molecule has 0 aliphatic heterocycles. The van der Waals surface area contributed by atoms with E-state index in [0.717, 1.165) is 17.7 Å². The minimum atomic E-state index is 0.0743. The van der Waals surface area contributed by atoms with Crippen molar-refractivity contribution < 1.29 is 4.79 Å². The summed E-state index contributed by atoms with van der Waals surface area (Å²) >= 11 is 1.71. The highest BCUT2D eigenvalue weighted by atomic mass is 32.1. The summed E-state index contributed by atoms with van der Waals surface area (Å²) in [5.41, 5.74) is 1.91. The smallest absolute Gasteiger partial charge is 0.253 e. The molecule has 1 aromatic carbocycles. The maximum absolute atomic E-state index is 11.9. The van der Waals surface area contributed by atoms with Gasteiger partial charge in [-0.15, -0.1) is 11.3 Å². The van der Waals surface area contributed by atoms with Crippen molar-refractivity contribution in [3.8, 4) is 10.4 Å². The fourth-order valence-corrected chi connectivity index (χ4v) is 2.32. The molecule has 1 heterocycles. The third-order valence-corrected chi connectivity index (χ3v) is 3.68. The topological polar surface area (TPSA) is 20.3 Å². The van der Waals surface area contributed by atoms with Gasteiger partial charge in [-0.05, 0) is 36.1 Å². The standard InChI is InChI=1S/C14H15NOS/c1-3-15(2)14(16)12-8-6-11(7-9-12)13-5-4-10-17-13/h4-10H,3H2,1-2H3. The van der Waals surface area contributed by atoms with E-state index in [4.69, 9.17) is 0 Å². The van der Waals surface area contributed by atoms with E-state index in [9.17, 15) is 4.79 Å². The van der Waals surface area contributed by atoms with Gasteiger partial charge >= 0.3 is 0 Å². The molecule has 1 aromatic heterocycles. The van der Waals surface area contributed by atoms with Crippen LogP contribution in [0.4, 0.5) is 0 Å². The summed E-state index contributed by atoms with van der Waals surface area (Å²) < 4.78 is 0. The summed E-state index contributed by atoms with van der Waals surface area (Å²) in [4.78, 5) is 14.8. The predicted molar refractivity (Wildman–Crippen MR) is 72.4 cm³/mol. The first-order chi connectivity index (χ1) is 8.22. The van der Waals surface area contributed by atoms with E-state index in [1.165, 1.54) is 4.88 Å². The zero-order valence-corrected chi connectivity index (χ0v) is 10.8. The van der Waals surface area contributed by atoms with E-state index < -0.39 is 0 Å². The second kappa shape index (κ2) is 5.15. The summed E-state index contributed by atoms with van der Waals surface area (Å²) in [6.07, 6.45) is 0. The fourth-order valence-electron chi connectivity index (χ4n) is 1.58. The van der Waals surface area contributed by atoms with Crippen LogP contribution in [0.2, 0.25) is 0 Å². The lowest BCUT2D eigenvalue weighted by atomic mass is 10.1. The Labute approximate surface area is 106 Å². The second-order valence-corrected chi connectivity index (χ2v) is 4.82. The highest BCUT2D eigenvalue weighted by Crippen LogP contribution is 2.24. The molecule has 0 fully saturated rings. The molecular formula is C14H15NOS. The number of carbonyl (C=O) groups excluding carboxylic acids is 1. The minimum absolute atomic E-state index is 0.0743. The SMILES string of the molecule is CCN(C)C(=O)c1ccc(-c2cccs2)cc1. The zero-order valence-electron chi connectivity index (χ0n) is 10.0. The van der Waals surface area contributed by atoms with Crippen LogP contribution in [0.25, 0.3) is 10.4 Å². The Hall–Kier alpha value is -1.61. The number of carbonyl (C=O) groups is 1. The fraction of sp³-hybridized carbons (Fsp3) is 0.214. The van der Waals surface area contributed by atoms with Crippen LogP contribution >= 0.6 is 11.3 Å². The van der Waals surface area contributed by atoms with Crippen LogP contribution in [0, 0.1) is 0 Å². The van der Waals surface area contributed by atoms with Crippen LogP contribution in [0.1, 0.15) is 17.3 Å². The van der Waals surface area contributed by atoms with Crippen molar-refractivity contribution in [3.05, 3.63) is 47.3 Å². The second-order valence-electron chi connectivity index (χ2n) is 3.87. The molecule has 2 aromatic rings. The van der Waals surface area contributed by atoms with Crippen LogP contribution < -0.4 is 0 Å². The molecule has 0 atom stereocenters. The molecular weight excluding hydrogens is 230 g/mol. The Bertz CT molecular complexity index is 487. The van der Waals surface area contributed by atoms with Crippen LogP contribution in [-0.2, 0) is 0 Å². The summed E-state index contributed by atoms with van der Waals surface area (Å²) in [5, 5.41) is 2.05. The molecule has 0 aliphatic rings. The van der Waals surface area contributed by atoms with Gasteiger partial charge in [0.2, 0.25) is 0 Å². The Kier molecular flexibility index (Phi) is 3.59. The number of hydrogen-bond acceptors (Lipinski definition) is 2. The molecule has 0 spiro atoms.